The number of benzene rings is 1. The second kappa shape index (κ2) is 9.72. The van der Waals surface area contributed by atoms with Crippen molar-refractivity contribution in [2.45, 2.75) is 64.1 Å². The molecule has 1 N–H and O–H groups in total. The lowest BCUT2D eigenvalue weighted by molar-refractivity contribution is -0.153. The molecule has 8 heteroatoms. The Labute approximate surface area is 218 Å². The number of hydrogen-bond donors (Lipinski definition) is 1. The number of amides is 3. The van der Waals surface area contributed by atoms with Gasteiger partial charge in [0.15, 0.2) is 0 Å². The molecule has 4 aliphatic rings. The molecule has 3 amide bonds. The molecule has 5 rings (SSSR count). The van der Waals surface area contributed by atoms with Crippen LogP contribution in [0.2, 0.25) is 0 Å². The number of aliphatic hydroxyl groups excluding tert-OH is 1. The standard InChI is InChI=1S/C29H37N3O5/c1-18(2)21(17-33)32-25-28(36)31(19(3)4)15-9-13-29(25)24(27(32)35)23-22(37-29)12-8-14-30(26(23)34)16-20-10-6-5-7-11-20/h5-13,18-19,21-25,33H,14-17H2,1-4H3/t21-,22-,23+,24-,25?,29-/m0/s1. The summed E-state index contributed by atoms with van der Waals surface area (Å²) in [5.74, 6) is -2.34. The number of likely N-dealkylation sites (tertiary alicyclic amines) is 1. The van der Waals surface area contributed by atoms with Crippen LogP contribution in [-0.4, -0.2) is 87.1 Å². The molecule has 0 bridgehead atoms. The third-order valence-electron chi connectivity index (χ3n) is 8.36. The zero-order valence-electron chi connectivity index (χ0n) is 22.0. The highest BCUT2D eigenvalue weighted by atomic mass is 16.5. The lowest BCUT2D eigenvalue weighted by Crippen LogP contribution is -2.59. The van der Waals surface area contributed by atoms with Gasteiger partial charge in [-0.15, -0.1) is 0 Å². The third kappa shape index (κ3) is 4.01. The van der Waals surface area contributed by atoms with E-state index in [-0.39, 0.29) is 36.3 Å². The molecule has 0 aliphatic carbocycles. The van der Waals surface area contributed by atoms with E-state index in [1.807, 2.05) is 82.3 Å². The summed E-state index contributed by atoms with van der Waals surface area (Å²) in [6.45, 7) is 8.72. The van der Waals surface area contributed by atoms with Crippen LogP contribution in [0.4, 0.5) is 0 Å². The molecule has 8 nitrogen and oxygen atoms in total. The predicted octanol–water partition coefficient (Wildman–Crippen LogP) is 1.99. The zero-order chi connectivity index (χ0) is 26.5. The second-order valence-corrected chi connectivity index (χ2v) is 11.2. The fourth-order valence-electron chi connectivity index (χ4n) is 6.53. The Morgan fingerprint density at radius 1 is 1.00 bits per heavy atom. The van der Waals surface area contributed by atoms with Gasteiger partial charge in [-0.25, -0.2) is 0 Å². The minimum atomic E-state index is -1.27. The van der Waals surface area contributed by atoms with E-state index in [0.717, 1.165) is 5.56 Å². The Kier molecular flexibility index (Phi) is 6.75. The van der Waals surface area contributed by atoms with E-state index >= 15 is 0 Å². The van der Waals surface area contributed by atoms with E-state index in [0.29, 0.717) is 19.6 Å². The first kappa shape index (κ1) is 25.7. The number of carbonyl (C=O) groups is 3. The van der Waals surface area contributed by atoms with E-state index in [1.54, 1.807) is 14.7 Å². The molecule has 2 fully saturated rings. The van der Waals surface area contributed by atoms with Crippen molar-refractivity contribution < 1.29 is 24.2 Å². The molecule has 2 saturated heterocycles. The quantitative estimate of drug-likeness (QED) is 0.595. The molecule has 1 unspecified atom stereocenters. The highest BCUT2D eigenvalue weighted by molar-refractivity contribution is 6.00. The molecule has 0 aromatic heterocycles. The SMILES string of the molecule is CC(C)[C@H](CO)N1C(=O)[C@@H]2[C@@H]3C(=O)N(Cc4ccccc4)CC=C[C@@H]3O[C@@]23C=CCN(C(C)C)C(=O)C13. The van der Waals surface area contributed by atoms with Crippen LogP contribution in [0.1, 0.15) is 33.3 Å². The maximum atomic E-state index is 14.3. The molecule has 0 radical (unpaired) electrons. The highest BCUT2D eigenvalue weighted by Gasteiger charge is 2.72. The van der Waals surface area contributed by atoms with Crippen LogP contribution in [0.5, 0.6) is 0 Å². The van der Waals surface area contributed by atoms with Crippen molar-refractivity contribution in [1.29, 1.82) is 0 Å². The molecule has 198 valence electrons. The molecular weight excluding hydrogens is 470 g/mol. The van der Waals surface area contributed by atoms with Crippen LogP contribution in [0.3, 0.4) is 0 Å². The molecule has 1 spiro atoms. The second-order valence-electron chi connectivity index (χ2n) is 11.2. The van der Waals surface area contributed by atoms with Gasteiger partial charge in [0.1, 0.15) is 11.6 Å². The van der Waals surface area contributed by atoms with Crippen LogP contribution in [0, 0.1) is 17.8 Å². The van der Waals surface area contributed by atoms with E-state index in [1.165, 1.54) is 0 Å². The fourth-order valence-corrected chi connectivity index (χ4v) is 6.53. The van der Waals surface area contributed by atoms with E-state index < -0.39 is 35.6 Å². The summed E-state index contributed by atoms with van der Waals surface area (Å²) in [6.07, 6.45) is 6.94. The monoisotopic (exact) mass is 507 g/mol. The summed E-state index contributed by atoms with van der Waals surface area (Å²) < 4.78 is 6.67. The Balaban J connectivity index is 1.59. The number of hydrogen-bond acceptors (Lipinski definition) is 5. The van der Waals surface area contributed by atoms with E-state index in [9.17, 15) is 19.5 Å². The predicted molar refractivity (Wildman–Crippen MR) is 138 cm³/mol. The van der Waals surface area contributed by atoms with E-state index in [4.69, 9.17) is 4.74 Å². The van der Waals surface area contributed by atoms with Crippen molar-refractivity contribution in [3.8, 4) is 0 Å². The van der Waals surface area contributed by atoms with Crippen molar-refractivity contribution in [1.82, 2.24) is 14.7 Å². The van der Waals surface area contributed by atoms with Crippen molar-refractivity contribution in [3.05, 3.63) is 60.2 Å². The van der Waals surface area contributed by atoms with Crippen LogP contribution in [-0.2, 0) is 25.7 Å². The minimum absolute atomic E-state index is 0.0790. The lowest BCUT2D eigenvalue weighted by atomic mass is 9.77. The number of ether oxygens (including phenoxy) is 1. The van der Waals surface area contributed by atoms with Crippen molar-refractivity contribution in [3.63, 3.8) is 0 Å². The topological polar surface area (TPSA) is 90.4 Å². The lowest BCUT2D eigenvalue weighted by Gasteiger charge is -2.40. The fraction of sp³-hybridized carbons (Fsp3) is 0.552. The first-order valence-electron chi connectivity index (χ1n) is 13.3. The number of carbonyl (C=O) groups excluding carboxylic acids is 3. The molecule has 1 aromatic rings. The molecule has 4 aliphatic heterocycles. The van der Waals surface area contributed by atoms with Gasteiger partial charge < -0.3 is 24.5 Å². The van der Waals surface area contributed by atoms with Crippen molar-refractivity contribution in [2.75, 3.05) is 19.7 Å². The Morgan fingerprint density at radius 2 is 1.73 bits per heavy atom. The van der Waals surface area contributed by atoms with Gasteiger partial charge in [-0.3, -0.25) is 14.4 Å². The van der Waals surface area contributed by atoms with Gasteiger partial charge in [0.2, 0.25) is 17.7 Å². The van der Waals surface area contributed by atoms with Crippen LogP contribution < -0.4 is 0 Å². The normalized spacial score (nSPS) is 32.1. The average Bonchev–Trinajstić information content (AvgIpc) is 3.18. The summed E-state index contributed by atoms with van der Waals surface area (Å²) in [7, 11) is 0. The largest absolute Gasteiger partial charge is 0.394 e. The van der Waals surface area contributed by atoms with Gasteiger partial charge in [-0.1, -0.05) is 68.5 Å². The first-order chi connectivity index (χ1) is 17.7. The summed E-state index contributed by atoms with van der Waals surface area (Å²) in [6, 6.07) is 8.19. The van der Waals surface area contributed by atoms with Gasteiger partial charge >= 0.3 is 0 Å². The van der Waals surface area contributed by atoms with Gasteiger partial charge in [-0.2, -0.15) is 0 Å². The molecule has 4 heterocycles. The number of aliphatic hydroxyl groups is 1. The van der Waals surface area contributed by atoms with Crippen molar-refractivity contribution in [2.24, 2.45) is 17.8 Å². The smallest absolute Gasteiger partial charge is 0.249 e. The maximum Gasteiger partial charge on any atom is 0.249 e. The Morgan fingerprint density at radius 3 is 2.38 bits per heavy atom. The maximum absolute atomic E-state index is 14.3. The van der Waals surface area contributed by atoms with Crippen LogP contribution >= 0.6 is 0 Å². The molecular formula is C29H37N3O5. The highest BCUT2D eigenvalue weighted by Crippen LogP contribution is 2.54. The summed E-state index contributed by atoms with van der Waals surface area (Å²) in [4.78, 5) is 47.5. The van der Waals surface area contributed by atoms with Gasteiger partial charge in [0.25, 0.3) is 0 Å². The first-order valence-corrected chi connectivity index (χ1v) is 13.3. The summed E-state index contributed by atoms with van der Waals surface area (Å²) >= 11 is 0. The van der Waals surface area contributed by atoms with E-state index in [2.05, 4.69) is 0 Å². The number of fused-ring (bicyclic) bond motifs is 2. The van der Waals surface area contributed by atoms with Gasteiger partial charge in [-0.05, 0) is 25.3 Å². The number of nitrogens with zero attached hydrogens (tertiary/aromatic N) is 3. The summed E-state index contributed by atoms with van der Waals surface area (Å²) in [5, 5.41) is 10.3. The number of rotatable bonds is 6. The minimum Gasteiger partial charge on any atom is -0.394 e. The Hall–Kier alpha value is -2.97. The summed E-state index contributed by atoms with van der Waals surface area (Å²) in [5.41, 5.74) is -0.267. The molecule has 37 heavy (non-hydrogen) atoms. The molecule has 0 saturated carbocycles. The Bertz CT molecular complexity index is 1120. The molecule has 6 atom stereocenters. The van der Waals surface area contributed by atoms with Crippen LogP contribution in [0.15, 0.2) is 54.6 Å². The van der Waals surface area contributed by atoms with Crippen molar-refractivity contribution >= 4 is 17.7 Å². The molecule has 1 aromatic carbocycles. The zero-order valence-corrected chi connectivity index (χ0v) is 22.0. The third-order valence-corrected chi connectivity index (χ3v) is 8.36. The average molecular weight is 508 g/mol. The van der Waals surface area contributed by atoms with Gasteiger partial charge in [0.05, 0.1) is 30.6 Å². The van der Waals surface area contributed by atoms with Crippen LogP contribution in [0.25, 0.3) is 0 Å². The van der Waals surface area contributed by atoms with Gasteiger partial charge in [0, 0.05) is 25.7 Å².